The Labute approximate surface area is 134 Å². The maximum Gasteiger partial charge on any atom is 0.569 e. The standard InChI is InChI=1S/C19H24BO2/c1-2-3-4-5-6-7-16-8-10-17(11-9-16)18-12-14-19(15-13-18)22-20-21/h8-15,21H,2-7H2,1H3. The lowest BCUT2D eigenvalue weighted by molar-refractivity contribution is 0.454. The second-order valence-corrected chi connectivity index (χ2v) is 5.61. The van der Waals surface area contributed by atoms with Gasteiger partial charge in [0, 0.05) is 0 Å². The second kappa shape index (κ2) is 9.32. The Morgan fingerprint density at radius 3 is 2.00 bits per heavy atom. The van der Waals surface area contributed by atoms with Crippen molar-refractivity contribution in [1.29, 1.82) is 0 Å². The van der Waals surface area contributed by atoms with E-state index in [1.54, 1.807) is 0 Å². The number of unbranched alkanes of at least 4 members (excludes halogenated alkanes) is 4. The summed E-state index contributed by atoms with van der Waals surface area (Å²) < 4.78 is 4.92. The van der Waals surface area contributed by atoms with Crippen LogP contribution >= 0.6 is 0 Å². The predicted octanol–water partition coefficient (Wildman–Crippen LogP) is 4.77. The van der Waals surface area contributed by atoms with Crippen LogP contribution < -0.4 is 4.65 Å². The van der Waals surface area contributed by atoms with Crippen molar-refractivity contribution in [3.05, 3.63) is 54.1 Å². The second-order valence-electron chi connectivity index (χ2n) is 5.61. The highest BCUT2D eigenvalue weighted by molar-refractivity contribution is 6.17. The van der Waals surface area contributed by atoms with Crippen LogP contribution in [0, 0.1) is 0 Å². The first kappa shape index (κ1) is 16.6. The molecule has 1 radical (unpaired) electrons. The lowest BCUT2D eigenvalue weighted by atomic mass is 10.0. The zero-order valence-electron chi connectivity index (χ0n) is 13.3. The fraction of sp³-hybridized carbons (Fsp3) is 0.368. The molecule has 0 aliphatic carbocycles. The summed E-state index contributed by atoms with van der Waals surface area (Å²) in [6.45, 7) is 2.25. The largest absolute Gasteiger partial charge is 0.569 e. The molecule has 1 N–H and O–H groups in total. The van der Waals surface area contributed by atoms with Gasteiger partial charge in [0.05, 0.1) is 0 Å². The molecule has 0 aliphatic rings. The minimum Gasteiger partial charge on any atom is -0.537 e. The smallest absolute Gasteiger partial charge is 0.537 e. The highest BCUT2D eigenvalue weighted by Crippen LogP contribution is 2.23. The van der Waals surface area contributed by atoms with Gasteiger partial charge in [-0.25, -0.2) is 0 Å². The molecular formula is C19H24BO2. The Morgan fingerprint density at radius 1 is 0.818 bits per heavy atom. The molecule has 2 aromatic rings. The van der Waals surface area contributed by atoms with E-state index in [1.165, 1.54) is 49.7 Å². The molecule has 0 spiro atoms. The van der Waals surface area contributed by atoms with Crippen molar-refractivity contribution in [2.45, 2.75) is 45.4 Å². The zero-order chi connectivity index (χ0) is 15.6. The molecule has 0 atom stereocenters. The monoisotopic (exact) mass is 295 g/mol. The lowest BCUT2D eigenvalue weighted by Crippen LogP contribution is -1.99. The summed E-state index contributed by atoms with van der Waals surface area (Å²) in [5.41, 5.74) is 3.77. The molecule has 0 aromatic heterocycles. The summed E-state index contributed by atoms with van der Waals surface area (Å²) in [5.74, 6) is 0.634. The molecule has 2 aromatic carbocycles. The minimum atomic E-state index is 0.634. The average Bonchev–Trinajstić information content (AvgIpc) is 2.56. The van der Waals surface area contributed by atoms with Crippen LogP contribution in [0.2, 0.25) is 0 Å². The van der Waals surface area contributed by atoms with Gasteiger partial charge in [0.25, 0.3) is 0 Å². The van der Waals surface area contributed by atoms with Gasteiger partial charge in [-0.2, -0.15) is 0 Å². The third-order valence-corrected chi connectivity index (χ3v) is 3.90. The van der Waals surface area contributed by atoms with E-state index in [9.17, 15) is 0 Å². The first-order valence-corrected chi connectivity index (χ1v) is 8.15. The number of rotatable bonds is 9. The molecule has 0 bridgehead atoms. The fourth-order valence-corrected chi connectivity index (χ4v) is 2.58. The van der Waals surface area contributed by atoms with Crippen LogP contribution in [0.4, 0.5) is 0 Å². The van der Waals surface area contributed by atoms with Crippen LogP contribution in [0.3, 0.4) is 0 Å². The van der Waals surface area contributed by atoms with E-state index < -0.39 is 0 Å². The molecule has 115 valence electrons. The van der Waals surface area contributed by atoms with Crippen LogP contribution in [0.1, 0.15) is 44.6 Å². The quantitative estimate of drug-likeness (QED) is 0.533. The maximum absolute atomic E-state index is 8.61. The summed E-state index contributed by atoms with van der Waals surface area (Å²) in [4.78, 5) is 0. The summed E-state index contributed by atoms with van der Waals surface area (Å²) in [6, 6.07) is 16.5. The van der Waals surface area contributed by atoms with Gasteiger partial charge in [-0.15, -0.1) is 0 Å². The van der Waals surface area contributed by atoms with E-state index >= 15 is 0 Å². The molecule has 2 nitrogen and oxygen atoms in total. The van der Waals surface area contributed by atoms with Crippen LogP contribution in [-0.4, -0.2) is 12.7 Å². The van der Waals surface area contributed by atoms with Crippen molar-refractivity contribution in [2.24, 2.45) is 0 Å². The molecule has 0 saturated carbocycles. The van der Waals surface area contributed by atoms with Crippen LogP contribution in [0.25, 0.3) is 11.1 Å². The Bertz CT molecular complexity index is 534. The zero-order valence-corrected chi connectivity index (χ0v) is 13.3. The third kappa shape index (κ3) is 5.23. The normalized spacial score (nSPS) is 10.5. The number of hydrogen-bond acceptors (Lipinski definition) is 2. The molecule has 0 amide bonds. The summed E-state index contributed by atoms with van der Waals surface area (Å²) in [7, 11) is 0.699. The lowest BCUT2D eigenvalue weighted by Gasteiger charge is -2.06. The molecule has 3 heteroatoms. The minimum absolute atomic E-state index is 0.634. The van der Waals surface area contributed by atoms with Gasteiger partial charge in [-0.3, -0.25) is 0 Å². The molecule has 22 heavy (non-hydrogen) atoms. The summed E-state index contributed by atoms with van der Waals surface area (Å²) >= 11 is 0. The van der Waals surface area contributed by atoms with Crippen molar-refractivity contribution in [1.82, 2.24) is 0 Å². The molecule has 0 heterocycles. The van der Waals surface area contributed by atoms with Crippen LogP contribution in [-0.2, 0) is 6.42 Å². The van der Waals surface area contributed by atoms with Crippen molar-refractivity contribution in [3.8, 4) is 16.9 Å². The van der Waals surface area contributed by atoms with Gasteiger partial charge in [0.2, 0.25) is 0 Å². The average molecular weight is 295 g/mol. The van der Waals surface area contributed by atoms with Crippen LogP contribution in [0.5, 0.6) is 5.75 Å². The van der Waals surface area contributed by atoms with Crippen LogP contribution in [0.15, 0.2) is 48.5 Å². The first-order valence-electron chi connectivity index (χ1n) is 8.15. The van der Waals surface area contributed by atoms with Gasteiger partial charge >= 0.3 is 7.69 Å². The van der Waals surface area contributed by atoms with Gasteiger partial charge < -0.3 is 9.68 Å². The van der Waals surface area contributed by atoms with E-state index in [2.05, 4.69) is 31.2 Å². The molecule has 0 fully saturated rings. The Hall–Kier alpha value is -1.74. The fourth-order valence-electron chi connectivity index (χ4n) is 2.58. The van der Waals surface area contributed by atoms with E-state index in [0.717, 1.165) is 5.56 Å². The molecule has 0 aliphatic heterocycles. The molecular weight excluding hydrogens is 271 g/mol. The third-order valence-electron chi connectivity index (χ3n) is 3.90. The van der Waals surface area contributed by atoms with Gasteiger partial charge in [-0.05, 0) is 41.7 Å². The number of hydrogen-bond donors (Lipinski definition) is 1. The molecule has 0 saturated heterocycles. The van der Waals surface area contributed by atoms with Crippen molar-refractivity contribution < 1.29 is 9.68 Å². The maximum atomic E-state index is 8.61. The van der Waals surface area contributed by atoms with Crippen molar-refractivity contribution in [3.63, 3.8) is 0 Å². The first-order chi connectivity index (χ1) is 10.8. The van der Waals surface area contributed by atoms with E-state index in [0.29, 0.717) is 13.4 Å². The topological polar surface area (TPSA) is 29.5 Å². The highest BCUT2D eigenvalue weighted by Gasteiger charge is 2.00. The molecule has 2 rings (SSSR count). The van der Waals surface area contributed by atoms with Gasteiger partial charge in [-0.1, -0.05) is 69.0 Å². The molecule has 0 unspecified atom stereocenters. The van der Waals surface area contributed by atoms with Gasteiger partial charge in [0.1, 0.15) is 5.75 Å². The van der Waals surface area contributed by atoms with E-state index in [-0.39, 0.29) is 0 Å². The van der Waals surface area contributed by atoms with E-state index in [4.69, 9.17) is 9.68 Å². The van der Waals surface area contributed by atoms with Crippen molar-refractivity contribution >= 4 is 7.69 Å². The highest BCUT2D eigenvalue weighted by atomic mass is 16.5. The number of benzene rings is 2. The predicted molar refractivity (Wildman–Crippen MR) is 92.9 cm³/mol. The van der Waals surface area contributed by atoms with E-state index in [1.807, 2.05) is 24.3 Å². The van der Waals surface area contributed by atoms with Crippen molar-refractivity contribution in [2.75, 3.05) is 0 Å². The Morgan fingerprint density at radius 2 is 1.41 bits per heavy atom. The SMILES string of the molecule is CCCCCCCc1ccc(-c2ccc(O[B]O)cc2)cc1. The number of aryl methyl sites for hydroxylation is 1. The Balaban J connectivity index is 1.88. The Kier molecular flexibility index (Phi) is 7.04. The summed E-state index contributed by atoms with van der Waals surface area (Å²) in [5, 5.41) is 8.61. The summed E-state index contributed by atoms with van der Waals surface area (Å²) in [6.07, 6.45) is 7.79. The van der Waals surface area contributed by atoms with Gasteiger partial charge in [0.15, 0.2) is 0 Å².